The first-order valence-electron chi connectivity index (χ1n) is 10.5. The van der Waals surface area contributed by atoms with E-state index in [0.29, 0.717) is 29.8 Å². The van der Waals surface area contributed by atoms with E-state index in [9.17, 15) is 13.2 Å². The number of amides is 1. The predicted molar refractivity (Wildman–Crippen MR) is 127 cm³/mol. The fourth-order valence-electron chi connectivity index (χ4n) is 3.54. The fourth-order valence-corrected chi connectivity index (χ4v) is 6.01. The molecule has 1 aliphatic heterocycles. The monoisotopic (exact) mass is 490 g/mol. The maximum absolute atomic E-state index is 13.0. The van der Waals surface area contributed by atoms with Gasteiger partial charge < -0.3 is 14.6 Å². The molecule has 2 atom stereocenters. The molecular formula is C20H36N3O5S2Si. The van der Waals surface area contributed by atoms with Crippen molar-refractivity contribution in [2.24, 2.45) is 11.3 Å². The third kappa shape index (κ3) is 8.12. The smallest absolute Gasteiger partial charge is 0.271 e. The summed E-state index contributed by atoms with van der Waals surface area (Å²) in [5.74, 6) is 0.193. The normalized spacial score (nSPS) is 17.7. The van der Waals surface area contributed by atoms with Gasteiger partial charge >= 0.3 is 0 Å². The second kappa shape index (κ2) is 10.3. The second-order valence-corrected chi connectivity index (χ2v) is 14.4. The van der Waals surface area contributed by atoms with Crippen LogP contribution in [-0.4, -0.2) is 65.9 Å². The lowest BCUT2D eigenvalue weighted by Gasteiger charge is -2.39. The van der Waals surface area contributed by atoms with Crippen molar-refractivity contribution in [2.75, 3.05) is 24.2 Å². The number of carbonyl (C=O) groups excluding carboxylic acids is 1. The minimum atomic E-state index is -3.47. The van der Waals surface area contributed by atoms with Gasteiger partial charge in [-0.15, -0.1) is 11.3 Å². The molecule has 11 heteroatoms. The summed E-state index contributed by atoms with van der Waals surface area (Å²) in [6, 6.07) is -0.117. The Morgan fingerprint density at radius 3 is 2.45 bits per heavy atom. The molecule has 0 aliphatic carbocycles. The van der Waals surface area contributed by atoms with E-state index in [1.54, 1.807) is 5.38 Å². The van der Waals surface area contributed by atoms with Gasteiger partial charge in [-0.2, -0.15) is 8.42 Å². The zero-order valence-corrected chi connectivity index (χ0v) is 22.4. The van der Waals surface area contributed by atoms with Crippen LogP contribution in [0.5, 0.6) is 0 Å². The largest absolute Gasteiger partial charge is 0.412 e. The lowest BCUT2D eigenvalue weighted by molar-refractivity contribution is 0.0402. The number of hydrogen-bond donors (Lipinski definition) is 1. The van der Waals surface area contributed by atoms with E-state index in [4.69, 9.17) is 8.61 Å². The van der Waals surface area contributed by atoms with E-state index >= 15 is 0 Å². The quantitative estimate of drug-likeness (QED) is 0.397. The molecule has 0 aromatic carbocycles. The van der Waals surface area contributed by atoms with Gasteiger partial charge in [0.15, 0.2) is 5.13 Å². The van der Waals surface area contributed by atoms with E-state index < -0.39 is 19.2 Å². The Hall–Kier alpha value is -1.01. The Balaban J connectivity index is 2.07. The molecule has 8 nitrogen and oxygen atoms in total. The van der Waals surface area contributed by atoms with Crippen molar-refractivity contribution in [2.45, 2.75) is 72.4 Å². The Morgan fingerprint density at radius 2 is 1.97 bits per heavy atom. The van der Waals surface area contributed by atoms with Gasteiger partial charge in [0.2, 0.25) is 9.04 Å². The SMILES string of the molecule is CC(C)C[C@H](NC(=O)c1csc(N2CC(OS(C)(=O)=O)C2)n1)C(O[Si](C)C)C(C)(C)C. The van der Waals surface area contributed by atoms with Crippen LogP contribution in [0, 0.1) is 11.3 Å². The maximum atomic E-state index is 13.0. The molecule has 0 saturated carbocycles. The molecule has 0 spiro atoms. The Bertz CT molecular complexity index is 845. The lowest BCUT2D eigenvalue weighted by Crippen LogP contribution is -2.53. The van der Waals surface area contributed by atoms with Crippen LogP contribution in [0.1, 0.15) is 51.5 Å². The molecule has 1 unspecified atom stereocenters. The number of carbonyl (C=O) groups is 1. The summed E-state index contributed by atoms with van der Waals surface area (Å²) in [7, 11) is -4.41. The summed E-state index contributed by atoms with van der Waals surface area (Å²) in [6.07, 6.45) is 1.40. The van der Waals surface area contributed by atoms with Gasteiger partial charge in [0.05, 0.1) is 18.4 Å². The average Bonchev–Trinajstić information content (AvgIpc) is 3.02. The topological polar surface area (TPSA) is 97.8 Å². The summed E-state index contributed by atoms with van der Waals surface area (Å²) < 4.78 is 33.8. The number of hydrogen-bond acceptors (Lipinski definition) is 8. The number of nitrogens with one attached hydrogen (secondary N) is 1. The van der Waals surface area contributed by atoms with Crippen molar-refractivity contribution in [1.82, 2.24) is 10.3 Å². The van der Waals surface area contributed by atoms with Crippen LogP contribution in [0.4, 0.5) is 5.13 Å². The van der Waals surface area contributed by atoms with Gasteiger partial charge in [-0.25, -0.2) is 4.98 Å². The van der Waals surface area contributed by atoms with E-state index in [0.717, 1.165) is 12.7 Å². The van der Waals surface area contributed by atoms with Crippen molar-refractivity contribution < 1.29 is 21.8 Å². The third-order valence-corrected chi connectivity index (χ3v) is 7.03. The molecule has 31 heavy (non-hydrogen) atoms. The van der Waals surface area contributed by atoms with Gasteiger partial charge in [0, 0.05) is 18.5 Å². The molecule has 0 bridgehead atoms. The molecule has 1 aromatic rings. The van der Waals surface area contributed by atoms with Crippen molar-refractivity contribution >= 4 is 41.5 Å². The summed E-state index contributed by atoms with van der Waals surface area (Å²) in [5, 5.41) is 5.61. The maximum Gasteiger partial charge on any atom is 0.271 e. The van der Waals surface area contributed by atoms with Crippen LogP contribution in [-0.2, 0) is 18.7 Å². The number of thiazole rings is 1. The molecule has 1 aliphatic rings. The van der Waals surface area contributed by atoms with Crippen molar-refractivity contribution in [3.05, 3.63) is 11.1 Å². The molecule has 1 radical (unpaired) electrons. The molecule has 1 aromatic heterocycles. The van der Waals surface area contributed by atoms with Crippen LogP contribution < -0.4 is 10.2 Å². The predicted octanol–water partition coefficient (Wildman–Crippen LogP) is 3.13. The average molecular weight is 491 g/mol. The number of anilines is 1. The first-order chi connectivity index (χ1) is 14.2. The highest BCUT2D eigenvalue weighted by atomic mass is 32.2. The van der Waals surface area contributed by atoms with Gasteiger partial charge in [-0.1, -0.05) is 34.6 Å². The van der Waals surface area contributed by atoms with E-state index in [-0.39, 0.29) is 29.6 Å². The van der Waals surface area contributed by atoms with Gasteiger partial charge in [-0.05, 0) is 30.8 Å². The van der Waals surface area contributed by atoms with Crippen molar-refractivity contribution in [1.29, 1.82) is 0 Å². The Morgan fingerprint density at radius 1 is 1.35 bits per heavy atom. The number of rotatable bonds is 10. The van der Waals surface area contributed by atoms with Gasteiger partial charge in [0.25, 0.3) is 16.0 Å². The standard InChI is InChI=1S/C20H36N3O5S2Si/c1-13(2)9-15(17(20(3,4)5)28-31(7)8)21-18(24)16-12-29-19(22-16)23-10-14(11-23)27-30(6,25)26/h12-15,17H,9-11H2,1-8H3,(H,21,24)/t15-,17?/m0/s1. The Labute approximate surface area is 192 Å². The summed E-state index contributed by atoms with van der Waals surface area (Å²) in [5.41, 5.74) is 0.251. The van der Waals surface area contributed by atoms with Gasteiger partial charge in [0.1, 0.15) is 11.8 Å². The minimum absolute atomic E-state index is 0.0925. The van der Waals surface area contributed by atoms with E-state index in [2.05, 4.69) is 58.0 Å². The number of nitrogens with zero attached hydrogens (tertiary/aromatic N) is 2. The summed E-state index contributed by atoms with van der Waals surface area (Å²) in [4.78, 5) is 19.4. The molecule has 1 N–H and O–H groups in total. The van der Waals surface area contributed by atoms with Crippen LogP contribution in [0.15, 0.2) is 5.38 Å². The zero-order chi connectivity index (χ0) is 23.6. The van der Waals surface area contributed by atoms with Crippen LogP contribution in [0.25, 0.3) is 0 Å². The first kappa shape index (κ1) is 26.2. The highest BCUT2D eigenvalue weighted by Crippen LogP contribution is 2.30. The molecular weight excluding hydrogens is 454 g/mol. The second-order valence-electron chi connectivity index (χ2n) is 9.86. The fraction of sp³-hybridized carbons (Fsp3) is 0.800. The zero-order valence-electron chi connectivity index (χ0n) is 19.8. The highest BCUT2D eigenvalue weighted by molar-refractivity contribution is 7.86. The third-order valence-electron chi connectivity index (χ3n) is 4.78. The number of aromatic nitrogens is 1. The molecule has 2 rings (SSSR count). The highest BCUT2D eigenvalue weighted by Gasteiger charge is 2.36. The molecule has 1 saturated heterocycles. The van der Waals surface area contributed by atoms with Crippen LogP contribution in [0.2, 0.25) is 13.1 Å². The van der Waals surface area contributed by atoms with E-state index in [1.807, 2.05) is 4.90 Å². The molecule has 177 valence electrons. The van der Waals surface area contributed by atoms with Crippen LogP contribution >= 0.6 is 11.3 Å². The lowest BCUT2D eigenvalue weighted by atomic mass is 9.82. The molecule has 1 fully saturated rings. The van der Waals surface area contributed by atoms with E-state index in [1.165, 1.54) is 11.3 Å². The molecule has 2 heterocycles. The molecule has 1 amide bonds. The Kier molecular flexibility index (Phi) is 8.71. The van der Waals surface area contributed by atoms with Gasteiger partial charge in [-0.3, -0.25) is 8.98 Å². The van der Waals surface area contributed by atoms with Crippen molar-refractivity contribution in [3.8, 4) is 0 Å². The minimum Gasteiger partial charge on any atom is -0.412 e. The summed E-state index contributed by atoms with van der Waals surface area (Å²) in [6.45, 7) is 15.8. The van der Waals surface area contributed by atoms with Crippen LogP contribution in [0.3, 0.4) is 0 Å². The summed E-state index contributed by atoms with van der Waals surface area (Å²) >= 11 is 1.37. The van der Waals surface area contributed by atoms with Crippen molar-refractivity contribution in [3.63, 3.8) is 0 Å². The first-order valence-corrected chi connectivity index (χ1v) is 15.6.